The number of likely N-dealkylation sites (N-methyl/N-ethyl adjacent to an activating group) is 1. The van der Waals surface area contributed by atoms with Crippen LogP contribution in [0.3, 0.4) is 0 Å². The van der Waals surface area contributed by atoms with Crippen molar-refractivity contribution < 1.29 is 9.13 Å². The molecule has 16 heavy (non-hydrogen) atoms. The van der Waals surface area contributed by atoms with Gasteiger partial charge < -0.3 is 9.64 Å². The summed E-state index contributed by atoms with van der Waals surface area (Å²) in [5, 5.41) is 0.656. The molecule has 0 bridgehead atoms. The van der Waals surface area contributed by atoms with Gasteiger partial charge in [0.15, 0.2) is 0 Å². The second kappa shape index (κ2) is 6.86. The molecule has 0 atom stereocenters. The van der Waals surface area contributed by atoms with Crippen molar-refractivity contribution in [3.05, 3.63) is 29.6 Å². The van der Waals surface area contributed by atoms with Gasteiger partial charge in [-0.3, -0.25) is 0 Å². The van der Waals surface area contributed by atoms with Crippen LogP contribution in [-0.2, 0) is 10.1 Å². The summed E-state index contributed by atoms with van der Waals surface area (Å²) in [4.78, 5) is 2.18. The van der Waals surface area contributed by atoms with Gasteiger partial charge in [-0.1, -0.05) is 15.9 Å². The lowest BCUT2D eigenvalue weighted by Crippen LogP contribution is -2.27. The summed E-state index contributed by atoms with van der Waals surface area (Å²) in [6, 6.07) is 4.89. The maximum absolute atomic E-state index is 13.1. The van der Waals surface area contributed by atoms with Gasteiger partial charge in [-0.25, -0.2) is 4.39 Å². The molecule has 1 rings (SSSR count). The highest BCUT2D eigenvalue weighted by Crippen LogP contribution is 2.23. The van der Waals surface area contributed by atoms with Crippen molar-refractivity contribution in [3.8, 4) is 0 Å². The van der Waals surface area contributed by atoms with E-state index in [1.807, 2.05) is 6.07 Å². The van der Waals surface area contributed by atoms with Crippen molar-refractivity contribution in [2.45, 2.75) is 12.3 Å². The van der Waals surface area contributed by atoms with Crippen molar-refractivity contribution in [1.29, 1.82) is 0 Å². The van der Waals surface area contributed by atoms with Gasteiger partial charge in [-0.15, -0.1) is 0 Å². The fraction of sp³-hybridized carbons (Fsp3) is 0.500. The third-order valence-electron chi connectivity index (χ3n) is 2.47. The number of halogens is 2. The van der Waals surface area contributed by atoms with Crippen LogP contribution in [0.15, 0.2) is 18.2 Å². The predicted molar refractivity (Wildman–Crippen MR) is 68.8 cm³/mol. The lowest BCUT2D eigenvalue weighted by molar-refractivity contribution is 0.205. The Labute approximate surface area is 105 Å². The Hall–Kier alpha value is -0.610. The molecule has 0 aliphatic heterocycles. The minimum absolute atomic E-state index is 0.194. The Morgan fingerprint density at radius 2 is 2.19 bits per heavy atom. The number of rotatable bonds is 6. The lowest BCUT2D eigenvalue weighted by Gasteiger charge is -2.25. The molecule has 0 N–H and O–H groups in total. The van der Waals surface area contributed by atoms with E-state index in [1.165, 1.54) is 6.07 Å². The topological polar surface area (TPSA) is 12.5 Å². The maximum atomic E-state index is 13.1. The van der Waals surface area contributed by atoms with Crippen molar-refractivity contribution in [3.63, 3.8) is 0 Å². The summed E-state index contributed by atoms with van der Waals surface area (Å²) >= 11 is 3.38. The van der Waals surface area contributed by atoms with Crippen LogP contribution in [-0.4, -0.2) is 26.8 Å². The summed E-state index contributed by atoms with van der Waals surface area (Å²) < 4.78 is 18.2. The highest BCUT2D eigenvalue weighted by atomic mass is 79.9. The number of hydrogen-bond acceptors (Lipinski definition) is 2. The number of anilines is 1. The number of nitrogens with zero attached hydrogens (tertiary/aromatic N) is 1. The molecule has 0 fully saturated rings. The molecule has 0 amide bonds. The molecule has 0 aliphatic rings. The van der Waals surface area contributed by atoms with Gasteiger partial charge in [0.05, 0.1) is 6.61 Å². The van der Waals surface area contributed by atoms with E-state index in [0.717, 1.165) is 24.3 Å². The van der Waals surface area contributed by atoms with E-state index in [1.54, 1.807) is 13.2 Å². The van der Waals surface area contributed by atoms with E-state index in [4.69, 9.17) is 4.74 Å². The van der Waals surface area contributed by atoms with Crippen LogP contribution in [0, 0.1) is 5.82 Å². The van der Waals surface area contributed by atoms with Crippen LogP contribution in [0.4, 0.5) is 10.1 Å². The fourth-order valence-electron chi connectivity index (χ4n) is 1.62. The molecule has 0 radical (unpaired) electrons. The molecule has 1 aromatic rings. The molecule has 0 aliphatic carbocycles. The molecule has 1 aromatic carbocycles. The van der Waals surface area contributed by atoms with Gasteiger partial charge in [0.1, 0.15) is 5.82 Å². The molecule has 0 saturated carbocycles. The number of benzene rings is 1. The van der Waals surface area contributed by atoms with E-state index in [0.29, 0.717) is 11.9 Å². The summed E-state index contributed by atoms with van der Waals surface area (Å²) in [6.07, 6.45) is 0. The Balaban J connectivity index is 2.90. The van der Waals surface area contributed by atoms with Crippen LogP contribution in [0.5, 0.6) is 0 Å². The van der Waals surface area contributed by atoms with Crippen LogP contribution < -0.4 is 4.90 Å². The zero-order chi connectivity index (χ0) is 12.0. The van der Waals surface area contributed by atoms with Crippen molar-refractivity contribution in [1.82, 2.24) is 0 Å². The lowest BCUT2D eigenvalue weighted by atomic mass is 10.1. The largest absolute Gasteiger partial charge is 0.383 e. The molecule has 90 valence electrons. The quantitative estimate of drug-likeness (QED) is 0.746. The fourth-order valence-corrected chi connectivity index (χ4v) is 2.07. The van der Waals surface area contributed by atoms with E-state index in [-0.39, 0.29) is 5.82 Å². The summed E-state index contributed by atoms with van der Waals surface area (Å²) in [5.41, 5.74) is 2.04. The molecular weight excluding hydrogens is 273 g/mol. The average Bonchev–Trinajstić information content (AvgIpc) is 2.31. The van der Waals surface area contributed by atoms with E-state index >= 15 is 0 Å². The Bertz CT molecular complexity index is 333. The summed E-state index contributed by atoms with van der Waals surface area (Å²) in [6.45, 7) is 4.46. The normalized spacial score (nSPS) is 10.5. The van der Waals surface area contributed by atoms with E-state index < -0.39 is 0 Å². The number of methoxy groups -OCH3 is 1. The highest BCUT2D eigenvalue weighted by molar-refractivity contribution is 9.08. The first-order valence-corrected chi connectivity index (χ1v) is 6.43. The molecule has 2 nitrogen and oxygen atoms in total. The SMILES string of the molecule is CCN(CCOC)c1ccc(F)cc1CBr. The van der Waals surface area contributed by atoms with E-state index in [2.05, 4.69) is 27.8 Å². The third-order valence-corrected chi connectivity index (χ3v) is 3.08. The summed E-state index contributed by atoms with van der Waals surface area (Å²) in [7, 11) is 1.68. The van der Waals surface area contributed by atoms with Gasteiger partial charge in [0, 0.05) is 31.2 Å². The van der Waals surface area contributed by atoms with Crippen molar-refractivity contribution in [2.24, 2.45) is 0 Å². The van der Waals surface area contributed by atoms with Crippen LogP contribution in [0.1, 0.15) is 12.5 Å². The molecule has 0 aromatic heterocycles. The van der Waals surface area contributed by atoms with Crippen LogP contribution in [0.25, 0.3) is 0 Å². The minimum Gasteiger partial charge on any atom is -0.383 e. The molecular formula is C12H17BrFNO. The van der Waals surface area contributed by atoms with Crippen molar-refractivity contribution >= 4 is 21.6 Å². The third kappa shape index (κ3) is 3.46. The maximum Gasteiger partial charge on any atom is 0.123 e. The Kier molecular flexibility index (Phi) is 5.77. The average molecular weight is 290 g/mol. The first kappa shape index (κ1) is 13.5. The zero-order valence-electron chi connectivity index (χ0n) is 9.67. The van der Waals surface area contributed by atoms with E-state index in [9.17, 15) is 4.39 Å². The Morgan fingerprint density at radius 3 is 2.75 bits per heavy atom. The van der Waals surface area contributed by atoms with Gasteiger partial charge in [-0.2, -0.15) is 0 Å². The molecule has 4 heteroatoms. The summed E-state index contributed by atoms with van der Waals surface area (Å²) in [5.74, 6) is -0.194. The standard InChI is InChI=1S/C12H17BrFNO/c1-3-15(6-7-16-2)12-5-4-11(14)8-10(12)9-13/h4-5,8H,3,6-7,9H2,1-2H3. The Morgan fingerprint density at radius 1 is 1.44 bits per heavy atom. The number of ether oxygens (including phenoxy) is 1. The van der Waals surface area contributed by atoms with Gasteiger partial charge in [-0.05, 0) is 30.7 Å². The molecule has 0 heterocycles. The van der Waals surface area contributed by atoms with Crippen LogP contribution in [0.2, 0.25) is 0 Å². The highest BCUT2D eigenvalue weighted by Gasteiger charge is 2.09. The van der Waals surface area contributed by atoms with Gasteiger partial charge in [0.25, 0.3) is 0 Å². The number of alkyl halides is 1. The second-order valence-electron chi connectivity index (χ2n) is 3.48. The molecule has 0 spiro atoms. The zero-order valence-corrected chi connectivity index (χ0v) is 11.3. The molecule has 0 unspecified atom stereocenters. The smallest absolute Gasteiger partial charge is 0.123 e. The molecule has 0 saturated heterocycles. The second-order valence-corrected chi connectivity index (χ2v) is 4.04. The first-order valence-electron chi connectivity index (χ1n) is 5.31. The monoisotopic (exact) mass is 289 g/mol. The van der Waals surface area contributed by atoms with Gasteiger partial charge >= 0.3 is 0 Å². The number of hydrogen-bond donors (Lipinski definition) is 0. The van der Waals surface area contributed by atoms with Crippen LogP contribution >= 0.6 is 15.9 Å². The van der Waals surface area contributed by atoms with Gasteiger partial charge in [0.2, 0.25) is 0 Å². The van der Waals surface area contributed by atoms with Crippen molar-refractivity contribution in [2.75, 3.05) is 31.7 Å². The first-order chi connectivity index (χ1) is 7.72. The minimum atomic E-state index is -0.194. The predicted octanol–water partition coefficient (Wildman–Crippen LogP) is 3.19.